The number of carbonyl (C=O) groups is 2. The van der Waals surface area contributed by atoms with Gasteiger partial charge in [0.1, 0.15) is 5.69 Å². The molecule has 122 valence electrons. The van der Waals surface area contributed by atoms with E-state index in [2.05, 4.69) is 25.3 Å². The van der Waals surface area contributed by atoms with E-state index in [4.69, 9.17) is 10.8 Å². The van der Waals surface area contributed by atoms with Crippen molar-refractivity contribution in [2.75, 3.05) is 12.3 Å². The molecule has 0 aliphatic rings. The first-order chi connectivity index (χ1) is 11.0. The molecule has 2 aromatic rings. The van der Waals surface area contributed by atoms with Gasteiger partial charge in [-0.2, -0.15) is 4.98 Å². The number of hydrogen-bond donors (Lipinski definition) is 4. The molecule has 2 heterocycles. The summed E-state index contributed by atoms with van der Waals surface area (Å²) >= 11 is 0. The highest BCUT2D eigenvalue weighted by atomic mass is 16.4. The first-order valence-corrected chi connectivity index (χ1v) is 7.00. The third-order valence-corrected chi connectivity index (χ3v) is 3.02. The van der Waals surface area contributed by atoms with Crippen LogP contribution in [-0.2, 0) is 4.79 Å². The Hall–Kier alpha value is -3.04. The number of amides is 1. The quantitative estimate of drug-likeness (QED) is 0.503. The molecule has 0 fully saturated rings. The van der Waals surface area contributed by atoms with E-state index in [9.17, 15) is 14.4 Å². The van der Waals surface area contributed by atoms with E-state index in [-0.39, 0.29) is 29.2 Å². The maximum Gasteiger partial charge on any atom is 0.303 e. The minimum absolute atomic E-state index is 0.000332. The molecule has 0 aliphatic heterocycles. The molecule has 23 heavy (non-hydrogen) atoms. The highest BCUT2D eigenvalue weighted by molar-refractivity contribution is 5.93. The average molecular weight is 320 g/mol. The number of carbonyl (C=O) groups excluding carboxylic acids is 1. The number of unbranched alkanes of at least 4 members (excludes halogenated alkanes) is 2. The number of H-pyrrole nitrogens is 1. The number of anilines is 1. The molecule has 0 unspecified atom stereocenters. The molecule has 0 atom stereocenters. The Labute approximate surface area is 130 Å². The van der Waals surface area contributed by atoms with Crippen LogP contribution in [0.3, 0.4) is 0 Å². The van der Waals surface area contributed by atoms with Crippen molar-refractivity contribution in [3.8, 4) is 0 Å². The number of aliphatic carboxylic acids is 1. The molecule has 2 rings (SSSR count). The molecule has 0 radical (unpaired) electrons. The molecule has 10 heteroatoms. The summed E-state index contributed by atoms with van der Waals surface area (Å²) in [5.74, 6) is -1.38. The largest absolute Gasteiger partial charge is 0.481 e. The van der Waals surface area contributed by atoms with Gasteiger partial charge in [0.25, 0.3) is 11.5 Å². The lowest BCUT2D eigenvalue weighted by atomic mass is 10.2. The van der Waals surface area contributed by atoms with Gasteiger partial charge in [-0.25, -0.2) is 9.97 Å². The molecule has 0 aromatic carbocycles. The van der Waals surface area contributed by atoms with Crippen LogP contribution >= 0.6 is 0 Å². The number of aromatic amines is 1. The van der Waals surface area contributed by atoms with Gasteiger partial charge in [-0.1, -0.05) is 6.42 Å². The lowest BCUT2D eigenvalue weighted by Gasteiger charge is -2.05. The number of nitrogens with zero attached hydrogens (tertiary/aromatic N) is 3. The Kier molecular flexibility index (Phi) is 5.18. The van der Waals surface area contributed by atoms with Crippen LogP contribution in [0.1, 0.15) is 36.2 Å². The predicted molar refractivity (Wildman–Crippen MR) is 80.8 cm³/mol. The Balaban J connectivity index is 1.93. The van der Waals surface area contributed by atoms with Crippen LogP contribution < -0.4 is 16.6 Å². The number of carboxylic acid groups (broad SMARTS) is 1. The summed E-state index contributed by atoms with van der Waals surface area (Å²) in [6.45, 7) is 0.392. The monoisotopic (exact) mass is 320 g/mol. The first-order valence-electron chi connectivity index (χ1n) is 7.00. The molecule has 0 aliphatic carbocycles. The number of nitrogens with one attached hydrogen (secondary N) is 2. The van der Waals surface area contributed by atoms with E-state index >= 15 is 0 Å². The Morgan fingerprint density at radius 2 is 2.04 bits per heavy atom. The molecule has 2 aromatic heterocycles. The van der Waals surface area contributed by atoms with Gasteiger partial charge in [-0.15, -0.1) is 0 Å². The van der Waals surface area contributed by atoms with Crippen LogP contribution in [0.5, 0.6) is 0 Å². The van der Waals surface area contributed by atoms with Crippen molar-refractivity contribution in [2.24, 2.45) is 0 Å². The van der Waals surface area contributed by atoms with E-state index in [0.717, 1.165) is 0 Å². The van der Waals surface area contributed by atoms with Gasteiger partial charge in [-0.3, -0.25) is 19.4 Å². The summed E-state index contributed by atoms with van der Waals surface area (Å²) in [4.78, 5) is 47.8. The molecular weight excluding hydrogens is 304 g/mol. The maximum absolute atomic E-state index is 11.9. The fourth-order valence-corrected chi connectivity index (χ4v) is 1.91. The lowest BCUT2D eigenvalue weighted by Crippen LogP contribution is -2.26. The van der Waals surface area contributed by atoms with Crippen LogP contribution in [0, 0.1) is 0 Å². The number of nitrogens with two attached hydrogens (primary N) is 1. The number of aromatic nitrogens is 4. The SMILES string of the molecule is Nc1nc2nc(C(=O)NCCCCCC(=O)O)cnc2c(=O)[nH]1. The van der Waals surface area contributed by atoms with Gasteiger partial charge < -0.3 is 16.2 Å². The van der Waals surface area contributed by atoms with Crippen molar-refractivity contribution < 1.29 is 14.7 Å². The topological polar surface area (TPSA) is 164 Å². The van der Waals surface area contributed by atoms with Crippen molar-refractivity contribution in [3.63, 3.8) is 0 Å². The van der Waals surface area contributed by atoms with Crippen molar-refractivity contribution in [3.05, 3.63) is 22.2 Å². The smallest absolute Gasteiger partial charge is 0.303 e. The Morgan fingerprint density at radius 1 is 1.26 bits per heavy atom. The van der Waals surface area contributed by atoms with Gasteiger partial charge in [-0.05, 0) is 12.8 Å². The van der Waals surface area contributed by atoms with Crippen molar-refractivity contribution >= 4 is 29.0 Å². The van der Waals surface area contributed by atoms with E-state index in [1.165, 1.54) is 6.20 Å². The van der Waals surface area contributed by atoms with Crippen LogP contribution in [0.25, 0.3) is 11.2 Å². The van der Waals surface area contributed by atoms with E-state index in [0.29, 0.717) is 25.8 Å². The summed E-state index contributed by atoms with van der Waals surface area (Å²) in [5.41, 5.74) is 4.93. The zero-order valence-electron chi connectivity index (χ0n) is 12.2. The highest BCUT2D eigenvalue weighted by Crippen LogP contribution is 2.04. The second kappa shape index (κ2) is 7.29. The lowest BCUT2D eigenvalue weighted by molar-refractivity contribution is -0.137. The molecule has 5 N–H and O–H groups in total. The fraction of sp³-hybridized carbons (Fsp3) is 0.385. The number of fused-ring (bicyclic) bond motifs is 1. The number of rotatable bonds is 7. The van der Waals surface area contributed by atoms with Crippen LogP contribution in [0.4, 0.5) is 5.95 Å². The molecule has 0 spiro atoms. The molecule has 0 saturated heterocycles. The molecule has 1 amide bonds. The van der Waals surface area contributed by atoms with E-state index in [1.807, 2.05) is 0 Å². The predicted octanol–water partition coefficient (Wildman–Crippen LogP) is -0.330. The number of nitrogen functional groups attached to an aromatic ring is 1. The van der Waals surface area contributed by atoms with Crippen LogP contribution in [0.2, 0.25) is 0 Å². The van der Waals surface area contributed by atoms with Crippen molar-refractivity contribution in [1.82, 2.24) is 25.3 Å². The summed E-state index contributed by atoms with van der Waals surface area (Å²) in [6.07, 6.45) is 3.22. The van der Waals surface area contributed by atoms with Gasteiger partial charge in [0, 0.05) is 13.0 Å². The summed E-state index contributed by atoms with van der Waals surface area (Å²) in [7, 11) is 0. The van der Waals surface area contributed by atoms with Gasteiger partial charge in [0.05, 0.1) is 6.20 Å². The molecular formula is C13H16N6O4. The van der Waals surface area contributed by atoms with E-state index in [1.54, 1.807) is 0 Å². The molecule has 0 saturated carbocycles. The van der Waals surface area contributed by atoms with Gasteiger partial charge >= 0.3 is 5.97 Å². The van der Waals surface area contributed by atoms with Crippen molar-refractivity contribution in [1.29, 1.82) is 0 Å². The van der Waals surface area contributed by atoms with Crippen LogP contribution in [0.15, 0.2) is 11.0 Å². The van der Waals surface area contributed by atoms with Gasteiger partial charge in [0.15, 0.2) is 11.2 Å². The molecule has 0 bridgehead atoms. The zero-order chi connectivity index (χ0) is 16.8. The second-order valence-corrected chi connectivity index (χ2v) is 4.84. The van der Waals surface area contributed by atoms with Gasteiger partial charge in [0.2, 0.25) is 5.95 Å². The third kappa shape index (κ3) is 4.46. The fourth-order valence-electron chi connectivity index (χ4n) is 1.91. The number of hydrogen-bond acceptors (Lipinski definition) is 7. The van der Waals surface area contributed by atoms with Crippen LogP contribution in [-0.4, -0.2) is 43.5 Å². The first kappa shape index (κ1) is 16.3. The summed E-state index contributed by atoms with van der Waals surface area (Å²) in [6, 6.07) is 0. The summed E-state index contributed by atoms with van der Waals surface area (Å²) < 4.78 is 0. The molecule has 10 nitrogen and oxygen atoms in total. The standard InChI is InChI=1S/C13H16N6O4/c14-13-18-10-9(12(23)19-13)16-6-7(17-10)11(22)15-5-3-1-2-4-8(20)21/h6H,1-5H2,(H,15,22)(H,20,21)(H3,14,17,18,19,23). The van der Waals surface area contributed by atoms with E-state index < -0.39 is 17.4 Å². The highest BCUT2D eigenvalue weighted by Gasteiger charge is 2.11. The minimum atomic E-state index is -0.831. The average Bonchev–Trinajstić information content (AvgIpc) is 2.49. The minimum Gasteiger partial charge on any atom is -0.481 e. The Morgan fingerprint density at radius 3 is 2.78 bits per heavy atom. The second-order valence-electron chi connectivity index (χ2n) is 4.84. The zero-order valence-corrected chi connectivity index (χ0v) is 12.2. The Bertz CT molecular complexity index is 788. The van der Waals surface area contributed by atoms with Crippen molar-refractivity contribution in [2.45, 2.75) is 25.7 Å². The normalized spacial score (nSPS) is 10.6. The number of carboxylic acids is 1. The third-order valence-electron chi connectivity index (χ3n) is 3.02. The maximum atomic E-state index is 11.9. The summed E-state index contributed by atoms with van der Waals surface area (Å²) in [5, 5.41) is 11.2.